The van der Waals surface area contributed by atoms with Crippen LogP contribution in [0.3, 0.4) is 0 Å². The number of allylic oxidation sites excluding steroid dienone is 1. The number of carbonyl (C=O) groups excluding carboxylic acids is 1. The van der Waals surface area contributed by atoms with Gasteiger partial charge in [-0.15, -0.1) is 0 Å². The fourth-order valence-electron chi connectivity index (χ4n) is 3.55. The van der Waals surface area contributed by atoms with Gasteiger partial charge in [-0.25, -0.2) is 0 Å². The van der Waals surface area contributed by atoms with Crippen LogP contribution in [0.25, 0.3) is 0 Å². The summed E-state index contributed by atoms with van der Waals surface area (Å²) in [6.07, 6.45) is 5.61. The summed E-state index contributed by atoms with van der Waals surface area (Å²) >= 11 is 0. The van der Waals surface area contributed by atoms with Gasteiger partial charge in [-0.2, -0.15) is 0 Å². The molecule has 0 saturated heterocycles. The Morgan fingerprint density at radius 2 is 1.94 bits per heavy atom. The van der Waals surface area contributed by atoms with Crippen LogP contribution in [0, 0.1) is 11.3 Å². The minimum Gasteiger partial charge on any atom is -0.299 e. The molecule has 2 atom stereocenters. The van der Waals surface area contributed by atoms with Crippen LogP contribution in [0.4, 0.5) is 0 Å². The van der Waals surface area contributed by atoms with Crippen molar-refractivity contribution < 1.29 is 4.79 Å². The lowest BCUT2D eigenvalue weighted by Crippen LogP contribution is -2.34. The molecular formula is C14H24OSi. The van der Waals surface area contributed by atoms with Gasteiger partial charge in [-0.1, -0.05) is 37.8 Å². The predicted octanol–water partition coefficient (Wildman–Crippen LogP) is 3.96. The van der Waals surface area contributed by atoms with E-state index in [-0.39, 0.29) is 5.92 Å². The first-order valence-corrected chi connectivity index (χ1v) is 10.1. The SMILES string of the molecule is C[C@@]12CCCC(=O)[C@@H]1/C(=C\[Si](C)(C)C)CC2. The summed E-state index contributed by atoms with van der Waals surface area (Å²) in [5.41, 5.74) is 4.29. The molecule has 0 bridgehead atoms. The molecule has 0 amide bonds. The maximum atomic E-state index is 12.2. The highest BCUT2D eigenvalue weighted by Crippen LogP contribution is 2.53. The maximum Gasteiger partial charge on any atom is 0.140 e. The van der Waals surface area contributed by atoms with E-state index in [2.05, 4.69) is 32.3 Å². The summed E-state index contributed by atoms with van der Waals surface area (Å²) < 4.78 is 0. The Labute approximate surface area is 100 Å². The van der Waals surface area contributed by atoms with Gasteiger partial charge in [0.25, 0.3) is 0 Å². The van der Waals surface area contributed by atoms with E-state index < -0.39 is 8.07 Å². The van der Waals surface area contributed by atoms with Gasteiger partial charge in [0.15, 0.2) is 0 Å². The second-order valence-corrected chi connectivity index (χ2v) is 12.0. The standard InChI is InChI=1S/C14H24OSi/c1-14-8-5-6-12(15)13(14)11(7-9-14)10-16(2,3)4/h10,13H,5-9H2,1-4H3/b11-10-/t13-,14-/m0/s1. The quantitative estimate of drug-likeness (QED) is 0.630. The molecule has 2 rings (SSSR count). The normalized spacial score (nSPS) is 37.9. The summed E-state index contributed by atoms with van der Waals surface area (Å²) in [7, 11) is -1.18. The summed E-state index contributed by atoms with van der Waals surface area (Å²) in [5.74, 6) is 0.809. The van der Waals surface area contributed by atoms with Gasteiger partial charge in [-0.3, -0.25) is 4.79 Å². The minimum atomic E-state index is -1.18. The Hall–Kier alpha value is -0.373. The van der Waals surface area contributed by atoms with Crippen molar-refractivity contribution >= 4 is 13.9 Å². The smallest absolute Gasteiger partial charge is 0.140 e. The van der Waals surface area contributed by atoms with Crippen LogP contribution >= 0.6 is 0 Å². The van der Waals surface area contributed by atoms with Crippen molar-refractivity contribution in [1.29, 1.82) is 0 Å². The molecule has 0 aromatic rings. The topological polar surface area (TPSA) is 17.1 Å². The highest BCUT2D eigenvalue weighted by atomic mass is 28.3. The van der Waals surface area contributed by atoms with E-state index in [0.717, 1.165) is 12.8 Å². The largest absolute Gasteiger partial charge is 0.299 e. The van der Waals surface area contributed by atoms with Crippen molar-refractivity contribution in [3.05, 3.63) is 11.3 Å². The van der Waals surface area contributed by atoms with Gasteiger partial charge in [0.1, 0.15) is 5.78 Å². The zero-order chi connectivity index (χ0) is 12.0. The van der Waals surface area contributed by atoms with Crippen molar-refractivity contribution in [3.8, 4) is 0 Å². The number of Topliss-reactive ketones (excluding diaryl/α,β-unsaturated/α-hetero) is 1. The first-order chi connectivity index (χ1) is 7.32. The zero-order valence-electron chi connectivity index (χ0n) is 11.1. The first-order valence-electron chi connectivity index (χ1n) is 6.56. The average Bonchev–Trinajstić information content (AvgIpc) is 2.41. The lowest BCUT2D eigenvalue weighted by Gasteiger charge is -2.35. The van der Waals surface area contributed by atoms with Gasteiger partial charge in [0.05, 0.1) is 8.07 Å². The average molecular weight is 236 g/mol. The van der Waals surface area contributed by atoms with Crippen molar-refractivity contribution in [1.82, 2.24) is 0 Å². The van der Waals surface area contributed by atoms with E-state index >= 15 is 0 Å². The van der Waals surface area contributed by atoms with E-state index in [9.17, 15) is 4.79 Å². The number of fused-ring (bicyclic) bond motifs is 1. The number of rotatable bonds is 1. The van der Waals surface area contributed by atoms with Crippen molar-refractivity contribution in [2.24, 2.45) is 11.3 Å². The number of hydrogen-bond acceptors (Lipinski definition) is 1. The van der Waals surface area contributed by atoms with E-state index in [0.29, 0.717) is 11.2 Å². The number of carbonyl (C=O) groups is 1. The van der Waals surface area contributed by atoms with Gasteiger partial charge < -0.3 is 0 Å². The lowest BCUT2D eigenvalue weighted by molar-refractivity contribution is -0.127. The highest BCUT2D eigenvalue weighted by Gasteiger charge is 2.47. The molecule has 0 unspecified atom stereocenters. The van der Waals surface area contributed by atoms with E-state index in [1.165, 1.54) is 24.8 Å². The van der Waals surface area contributed by atoms with Gasteiger partial charge in [0, 0.05) is 12.3 Å². The molecule has 0 spiro atoms. The Morgan fingerprint density at radius 1 is 1.25 bits per heavy atom. The molecule has 1 nitrogen and oxygen atoms in total. The van der Waals surface area contributed by atoms with Crippen molar-refractivity contribution in [2.75, 3.05) is 0 Å². The molecule has 2 fully saturated rings. The van der Waals surface area contributed by atoms with E-state index in [4.69, 9.17) is 0 Å². The van der Waals surface area contributed by atoms with Crippen LogP contribution in [0.1, 0.15) is 39.0 Å². The molecule has 0 N–H and O–H groups in total. The monoisotopic (exact) mass is 236 g/mol. The van der Waals surface area contributed by atoms with Crippen LogP contribution in [-0.2, 0) is 4.79 Å². The van der Waals surface area contributed by atoms with E-state index in [1.54, 1.807) is 0 Å². The van der Waals surface area contributed by atoms with Gasteiger partial charge in [0.2, 0.25) is 0 Å². The molecular weight excluding hydrogens is 212 g/mol. The fourth-order valence-corrected chi connectivity index (χ4v) is 4.98. The molecule has 90 valence electrons. The summed E-state index contributed by atoms with van der Waals surface area (Å²) in [4.78, 5) is 12.2. The third-order valence-electron chi connectivity index (χ3n) is 4.16. The molecule has 0 aromatic carbocycles. The second-order valence-electron chi connectivity index (χ2n) is 6.99. The van der Waals surface area contributed by atoms with Gasteiger partial charge in [-0.05, 0) is 31.1 Å². The van der Waals surface area contributed by atoms with Crippen LogP contribution < -0.4 is 0 Å². The second kappa shape index (κ2) is 3.83. The van der Waals surface area contributed by atoms with Crippen LogP contribution in [0.15, 0.2) is 11.3 Å². The lowest BCUT2D eigenvalue weighted by atomic mass is 9.68. The van der Waals surface area contributed by atoms with Crippen molar-refractivity contribution in [3.63, 3.8) is 0 Å². The third kappa shape index (κ3) is 2.17. The third-order valence-corrected chi connectivity index (χ3v) is 5.40. The highest BCUT2D eigenvalue weighted by molar-refractivity contribution is 6.81. The molecule has 2 saturated carbocycles. The zero-order valence-corrected chi connectivity index (χ0v) is 12.1. The molecule has 0 heterocycles. The Bertz CT molecular complexity index is 337. The Balaban J connectivity index is 2.32. The molecule has 16 heavy (non-hydrogen) atoms. The molecule has 2 heteroatoms. The first kappa shape index (κ1) is 12.1. The molecule has 0 aliphatic heterocycles. The Kier molecular flexibility index (Phi) is 2.90. The van der Waals surface area contributed by atoms with Gasteiger partial charge >= 0.3 is 0 Å². The fraction of sp³-hybridized carbons (Fsp3) is 0.786. The van der Waals surface area contributed by atoms with Crippen LogP contribution in [-0.4, -0.2) is 13.9 Å². The van der Waals surface area contributed by atoms with Crippen LogP contribution in [0.5, 0.6) is 0 Å². The molecule has 0 radical (unpaired) electrons. The summed E-state index contributed by atoms with van der Waals surface area (Å²) in [5, 5.41) is 0. The van der Waals surface area contributed by atoms with E-state index in [1.807, 2.05) is 0 Å². The summed E-state index contributed by atoms with van der Waals surface area (Å²) in [6.45, 7) is 9.43. The minimum absolute atomic E-state index is 0.285. The predicted molar refractivity (Wildman–Crippen MR) is 71.1 cm³/mol. The van der Waals surface area contributed by atoms with Crippen molar-refractivity contribution in [2.45, 2.75) is 58.7 Å². The maximum absolute atomic E-state index is 12.2. The Morgan fingerprint density at radius 3 is 2.56 bits per heavy atom. The number of hydrogen-bond donors (Lipinski definition) is 0. The summed E-state index contributed by atoms with van der Waals surface area (Å²) in [6, 6.07) is 0. The van der Waals surface area contributed by atoms with Crippen LogP contribution in [0.2, 0.25) is 19.6 Å². The number of ketones is 1. The molecule has 0 aromatic heterocycles. The molecule has 2 aliphatic rings. The molecule has 2 aliphatic carbocycles.